The topological polar surface area (TPSA) is 53.6 Å². The standard InChI is InChI=1S/C17H27N3O2/c1-3-10-20-11-9-14(13-20)12-18-17(21)19-15-5-7-16(8-6-15)22-4-2/h5-8,14H,3-4,9-13H2,1-2H3,(H2,18,19,21)/t14-/m1/s1. The van der Waals surface area contributed by atoms with Crippen LogP contribution < -0.4 is 15.4 Å². The lowest BCUT2D eigenvalue weighted by atomic mass is 10.1. The summed E-state index contributed by atoms with van der Waals surface area (Å²) in [5, 5.41) is 5.82. The Hall–Kier alpha value is -1.75. The number of nitrogens with one attached hydrogen (secondary N) is 2. The Balaban J connectivity index is 1.69. The summed E-state index contributed by atoms with van der Waals surface area (Å²) in [6.45, 7) is 8.94. The first-order valence-electron chi connectivity index (χ1n) is 8.21. The van der Waals surface area contributed by atoms with Crippen molar-refractivity contribution in [2.24, 2.45) is 5.92 Å². The molecule has 1 aliphatic rings. The lowest BCUT2D eigenvalue weighted by Gasteiger charge is -2.15. The molecule has 1 aliphatic heterocycles. The summed E-state index contributed by atoms with van der Waals surface area (Å²) in [5.74, 6) is 1.38. The Morgan fingerprint density at radius 3 is 2.77 bits per heavy atom. The highest BCUT2D eigenvalue weighted by Crippen LogP contribution is 2.17. The molecule has 2 N–H and O–H groups in total. The van der Waals surface area contributed by atoms with Gasteiger partial charge >= 0.3 is 6.03 Å². The van der Waals surface area contributed by atoms with Crippen LogP contribution in [0.2, 0.25) is 0 Å². The molecule has 0 spiro atoms. The monoisotopic (exact) mass is 305 g/mol. The van der Waals surface area contributed by atoms with Crippen LogP contribution in [0.3, 0.4) is 0 Å². The second-order valence-electron chi connectivity index (χ2n) is 5.75. The van der Waals surface area contributed by atoms with E-state index in [-0.39, 0.29) is 6.03 Å². The van der Waals surface area contributed by atoms with Crippen molar-refractivity contribution in [2.75, 3.05) is 38.1 Å². The summed E-state index contributed by atoms with van der Waals surface area (Å²) in [5.41, 5.74) is 0.778. The molecule has 1 aromatic carbocycles. The van der Waals surface area contributed by atoms with Gasteiger partial charge in [-0.25, -0.2) is 4.79 Å². The molecule has 0 saturated carbocycles. The van der Waals surface area contributed by atoms with E-state index in [4.69, 9.17) is 4.74 Å². The molecule has 2 amide bonds. The molecule has 1 aromatic rings. The summed E-state index contributed by atoms with van der Waals surface area (Å²) in [6, 6.07) is 7.28. The van der Waals surface area contributed by atoms with Crippen LogP contribution in [-0.2, 0) is 0 Å². The van der Waals surface area contributed by atoms with Gasteiger partial charge in [0.05, 0.1) is 6.61 Å². The minimum absolute atomic E-state index is 0.141. The van der Waals surface area contributed by atoms with Gasteiger partial charge in [-0.15, -0.1) is 0 Å². The molecule has 1 fully saturated rings. The highest BCUT2D eigenvalue weighted by Gasteiger charge is 2.21. The van der Waals surface area contributed by atoms with Crippen molar-refractivity contribution in [3.05, 3.63) is 24.3 Å². The molecule has 22 heavy (non-hydrogen) atoms. The number of anilines is 1. The maximum Gasteiger partial charge on any atom is 0.319 e. The van der Waals surface area contributed by atoms with Gasteiger partial charge in [-0.05, 0) is 63.0 Å². The van der Waals surface area contributed by atoms with Gasteiger partial charge in [0.15, 0.2) is 0 Å². The largest absolute Gasteiger partial charge is 0.494 e. The molecule has 1 atom stereocenters. The van der Waals surface area contributed by atoms with Crippen molar-refractivity contribution in [3.8, 4) is 5.75 Å². The van der Waals surface area contributed by atoms with Gasteiger partial charge in [0.1, 0.15) is 5.75 Å². The molecular weight excluding hydrogens is 278 g/mol. The third-order valence-corrected chi connectivity index (χ3v) is 3.88. The van der Waals surface area contributed by atoms with Crippen LogP contribution in [0, 0.1) is 5.92 Å². The van der Waals surface area contributed by atoms with E-state index in [0.717, 1.165) is 37.6 Å². The molecule has 0 aromatic heterocycles. The Kier molecular flexibility index (Phi) is 6.52. The van der Waals surface area contributed by atoms with Gasteiger partial charge in [0, 0.05) is 18.8 Å². The van der Waals surface area contributed by atoms with Crippen molar-refractivity contribution >= 4 is 11.7 Å². The van der Waals surface area contributed by atoms with E-state index in [1.807, 2.05) is 31.2 Å². The molecule has 2 rings (SSSR count). The second kappa shape index (κ2) is 8.63. The van der Waals surface area contributed by atoms with E-state index in [2.05, 4.69) is 22.5 Å². The molecule has 1 heterocycles. The molecule has 1 saturated heterocycles. The zero-order valence-electron chi connectivity index (χ0n) is 13.6. The number of ether oxygens (including phenoxy) is 1. The quantitative estimate of drug-likeness (QED) is 0.814. The minimum atomic E-state index is -0.141. The molecule has 0 aliphatic carbocycles. The Bertz CT molecular complexity index is 461. The average molecular weight is 305 g/mol. The number of hydrogen-bond donors (Lipinski definition) is 2. The van der Waals surface area contributed by atoms with E-state index in [1.165, 1.54) is 12.8 Å². The van der Waals surface area contributed by atoms with Crippen LogP contribution in [0.1, 0.15) is 26.7 Å². The lowest BCUT2D eigenvalue weighted by molar-refractivity contribution is 0.249. The van der Waals surface area contributed by atoms with Crippen LogP contribution in [0.4, 0.5) is 10.5 Å². The number of likely N-dealkylation sites (tertiary alicyclic amines) is 1. The minimum Gasteiger partial charge on any atom is -0.494 e. The summed E-state index contributed by atoms with van der Waals surface area (Å²) < 4.78 is 5.38. The zero-order valence-corrected chi connectivity index (χ0v) is 13.6. The predicted octanol–water partition coefficient (Wildman–Crippen LogP) is 2.94. The number of benzene rings is 1. The molecule has 122 valence electrons. The fraction of sp³-hybridized carbons (Fsp3) is 0.588. The summed E-state index contributed by atoms with van der Waals surface area (Å²) >= 11 is 0. The first-order chi connectivity index (χ1) is 10.7. The number of urea groups is 1. The molecule has 0 radical (unpaired) electrons. The number of carbonyl (C=O) groups excluding carboxylic acids is 1. The van der Waals surface area contributed by atoms with Crippen LogP contribution in [0.5, 0.6) is 5.75 Å². The normalized spacial score (nSPS) is 18.2. The number of amides is 2. The number of hydrogen-bond acceptors (Lipinski definition) is 3. The van der Waals surface area contributed by atoms with Gasteiger partial charge < -0.3 is 20.3 Å². The van der Waals surface area contributed by atoms with Crippen molar-refractivity contribution in [1.82, 2.24) is 10.2 Å². The van der Waals surface area contributed by atoms with Crippen LogP contribution in [-0.4, -0.2) is 43.7 Å². The predicted molar refractivity (Wildman–Crippen MR) is 89.5 cm³/mol. The Labute approximate surface area is 133 Å². The average Bonchev–Trinajstić information content (AvgIpc) is 2.96. The molecular formula is C17H27N3O2. The number of carbonyl (C=O) groups is 1. The second-order valence-corrected chi connectivity index (χ2v) is 5.75. The van der Waals surface area contributed by atoms with Crippen LogP contribution in [0.25, 0.3) is 0 Å². The van der Waals surface area contributed by atoms with E-state index in [0.29, 0.717) is 12.5 Å². The van der Waals surface area contributed by atoms with E-state index in [9.17, 15) is 4.79 Å². The SMILES string of the molecule is CCCN1CC[C@H](CNC(=O)Nc2ccc(OCC)cc2)C1. The Morgan fingerprint density at radius 2 is 2.09 bits per heavy atom. The maximum atomic E-state index is 11.9. The first-order valence-corrected chi connectivity index (χ1v) is 8.21. The number of rotatable bonds is 7. The molecule has 0 unspecified atom stereocenters. The maximum absolute atomic E-state index is 11.9. The van der Waals surface area contributed by atoms with E-state index >= 15 is 0 Å². The van der Waals surface area contributed by atoms with Gasteiger partial charge in [0.2, 0.25) is 0 Å². The smallest absolute Gasteiger partial charge is 0.319 e. The van der Waals surface area contributed by atoms with Gasteiger partial charge in [0.25, 0.3) is 0 Å². The van der Waals surface area contributed by atoms with E-state index in [1.54, 1.807) is 0 Å². The van der Waals surface area contributed by atoms with Crippen LogP contribution >= 0.6 is 0 Å². The summed E-state index contributed by atoms with van der Waals surface area (Å²) in [6.07, 6.45) is 2.36. The fourth-order valence-electron chi connectivity index (χ4n) is 2.81. The molecule has 5 nitrogen and oxygen atoms in total. The van der Waals surface area contributed by atoms with E-state index < -0.39 is 0 Å². The third kappa shape index (κ3) is 5.22. The highest BCUT2D eigenvalue weighted by molar-refractivity contribution is 5.89. The zero-order chi connectivity index (χ0) is 15.8. The fourth-order valence-corrected chi connectivity index (χ4v) is 2.81. The van der Waals surface area contributed by atoms with Crippen molar-refractivity contribution in [3.63, 3.8) is 0 Å². The molecule has 0 bridgehead atoms. The molecule has 5 heteroatoms. The van der Waals surface area contributed by atoms with Crippen LogP contribution in [0.15, 0.2) is 24.3 Å². The van der Waals surface area contributed by atoms with Crippen molar-refractivity contribution in [2.45, 2.75) is 26.7 Å². The van der Waals surface area contributed by atoms with Crippen molar-refractivity contribution in [1.29, 1.82) is 0 Å². The lowest BCUT2D eigenvalue weighted by Crippen LogP contribution is -2.34. The Morgan fingerprint density at radius 1 is 1.32 bits per heavy atom. The third-order valence-electron chi connectivity index (χ3n) is 3.88. The summed E-state index contributed by atoms with van der Waals surface area (Å²) in [4.78, 5) is 14.4. The number of nitrogens with zero attached hydrogens (tertiary/aromatic N) is 1. The first kappa shape index (κ1) is 16.6. The van der Waals surface area contributed by atoms with Gasteiger partial charge in [-0.2, -0.15) is 0 Å². The van der Waals surface area contributed by atoms with Gasteiger partial charge in [-0.3, -0.25) is 0 Å². The highest BCUT2D eigenvalue weighted by atomic mass is 16.5. The van der Waals surface area contributed by atoms with Crippen molar-refractivity contribution < 1.29 is 9.53 Å². The van der Waals surface area contributed by atoms with Gasteiger partial charge in [-0.1, -0.05) is 6.92 Å². The summed E-state index contributed by atoms with van der Waals surface area (Å²) in [7, 11) is 0.